The van der Waals surface area contributed by atoms with Gasteiger partial charge >= 0.3 is 10.3 Å². The third kappa shape index (κ3) is 4.51. The molecule has 2 aromatic rings. The van der Waals surface area contributed by atoms with Crippen LogP contribution in [0.1, 0.15) is 23.5 Å². The van der Waals surface area contributed by atoms with Crippen molar-refractivity contribution in [1.29, 1.82) is 0 Å². The van der Waals surface area contributed by atoms with Crippen molar-refractivity contribution in [2.45, 2.75) is 18.5 Å². The molecule has 0 amide bonds. The van der Waals surface area contributed by atoms with Gasteiger partial charge in [-0.2, -0.15) is 13.1 Å². The first-order valence-electron chi connectivity index (χ1n) is 7.37. The van der Waals surface area contributed by atoms with Crippen LogP contribution in [0.3, 0.4) is 0 Å². The van der Waals surface area contributed by atoms with Gasteiger partial charge in [-0.05, 0) is 12.1 Å². The highest BCUT2D eigenvalue weighted by Crippen LogP contribution is 2.44. The highest BCUT2D eigenvalue weighted by molar-refractivity contribution is 7.83. The van der Waals surface area contributed by atoms with E-state index in [1.807, 2.05) is 35.1 Å². The van der Waals surface area contributed by atoms with E-state index in [1.165, 1.54) is 0 Å². The zero-order chi connectivity index (χ0) is 18.0. The molecule has 3 atom stereocenters. The smallest absolute Gasteiger partial charge is 0.333 e. The molecule has 1 saturated heterocycles. The normalized spacial score (nSPS) is 23.7. The van der Waals surface area contributed by atoms with E-state index in [0.717, 1.165) is 5.56 Å². The molecule has 6 nitrogen and oxygen atoms in total. The summed E-state index contributed by atoms with van der Waals surface area (Å²) in [4.78, 5) is 0. The lowest BCUT2D eigenvalue weighted by atomic mass is 10.0. The van der Waals surface area contributed by atoms with Crippen LogP contribution in [0.4, 0.5) is 0 Å². The van der Waals surface area contributed by atoms with Gasteiger partial charge in [-0.1, -0.05) is 59.6 Å². The van der Waals surface area contributed by atoms with Crippen molar-refractivity contribution < 1.29 is 22.4 Å². The van der Waals surface area contributed by atoms with Gasteiger partial charge in [0.1, 0.15) is 12.2 Å². The third-order valence-electron chi connectivity index (χ3n) is 3.73. The first-order chi connectivity index (χ1) is 11.8. The molecule has 3 rings (SSSR count). The lowest BCUT2D eigenvalue weighted by Crippen LogP contribution is -2.34. The molecule has 2 N–H and O–H groups in total. The maximum atomic E-state index is 11.0. The van der Waals surface area contributed by atoms with Crippen molar-refractivity contribution >= 4 is 33.5 Å². The Labute approximate surface area is 155 Å². The van der Waals surface area contributed by atoms with Crippen LogP contribution >= 0.6 is 23.2 Å². The van der Waals surface area contributed by atoms with Gasteiger partial charge in [-0.3, -0.25) is 4.55 Å². The fourth-order valence-electron chi connectivity index (χ4n) is 2.63. The van der Waals surface area contributed by atoms with Gasteiger partial charge in [0.25, 0.3) is 0 Å². The molecule has 25 heavy (non-hydrogen) atoms. The van der Waals surface area contributed by atoms with Gasteiger partial charge in [0.2, 0.25) is 0 Å². The Hall–Kier alpha value is -1.19. The molecule has 0 spiro atoms. The molecule has 1 heterocycles. The zero-order valence-corrected chi connectivity index (χ0v) is 15.1. The molecule has 0 saturated carbocycles. The molecule has 1 aliphatic rings. The Morgan fingerprint density at radius 3 is 2.24 bits per heavy atom. The molecule has 0 radical (unpaired) electrons. The van der Waals surface area contributed by atoms with Crippen molar-refractivity contribution in [1.82, 2.24) is 4.72 Å². The summed E-state index contributed by atoms with van der Waals surface area (Å²) in [6.45, 7) is -0.200. The zero-order valence-electron chi connectivity index (χ0n) is 12.8. The van der Waals surface area contributed by atoms with Crippen LogP contribution in [-0.2, 0) is 19.8 Å². The number of rotatable bonds is 5. The quantitative estimate of drug-likeness (QED) is 0.745. The number of hydrogen-bond donors (Lipinski definition) is 2. The summed E-state index contributed by atoms with van der Waals surface area (Å²) >= 11 is 12.5. The summed E-state index contributed by atoms with van der Waals surface area (Å²) in [5.41, 5.74) is 1.27. The summed E-state index contributed by atoms with van der Waals surface area (Å²) in [5, 5.41) is 0.762. The summed E-state index contributed by atoms with van der Waals surface area (Å²) < 4.78 is 44.8. The van der Waals surface area contributed by atoms with Gasteiger partial charge in [-0.25, -0.2) is 0 Å². The first-order valence-corrected chi connectivity index (χ1v) is 9.56. The molecule has 0 aliphatic carbocycles. The van der Waals surface area contributed by atoms with E-state index in [2.05, 4.69) is 0 Å². The Morgan fingerprint density at radius 2 is 1.64 bits per heavy atom. The number of halogens is 2. The highest BCUT2D eigenvalue weighted by atomic mass is 35.5. The van der Waals surface area contributed by atoms with Crippen molar-refractivity contribution in [3.05, 3.63) is 69.7 Å². The number of ether oxygens (including phenoxy) is 2. The van der Waals surface area contributed by atoms with E-state index in [9.17, 15) is 8.42 Å². The Kier molecular flexibility index (Phi) is 5.65. The maximum Gasteiger partial charge on any atom is 0.333 e. The van der Waals surface area contributed by atoms with E-state index in [4.69, 9.17) is 37.2 Å². The molecule has 1 unspecified atom stereocenters. The summed E-state index contributed by atoms with van der Waals surface area (Å²) in [6.07, 6.45) is -2.16. The number of hydrogen-bond acceptors (Lipinski definition) is 4. The molecule has 0 bridgehead atoms. The minimum absolute atomic E-state index is 0.200. The minimum Gasteiger partial charge on any atom is -0.341 e. The van der Waals surface area contributed by atoms with Crippen LogP contribution in [0.15, 0.2) is 48.5 Å². The van der Waals surface area contributed by atoms with Gasteiger partial charge in [0, 0.05) is 27.7 Å². The van der Waals surface area contributed by atoms with Gasteiger partial charge in [0.15, 0.2) is 6.29 Å². The Morgan fingerprint density at radius 1 is 1.00 bits per heavy atom. The van der Waals surface area contributed by atoms with E-state index in [0.29, 0.717) is 15.6 Å². The van der Waals surface area contributed by atoms with Gasteiger partial charge in [0.05, 0.1) is 0 Å². The Balaban J connectivity index is 1.91. The second kappa shape index (κ2) is 7.59. The van der Waals surface area contributed by atoms with Crippen molar-refractivity contribution in [3.8, 4) is 0 Å². The molecule has 1 aliphatic heterocycles. The monoisotopic (exact) mass is 403 g/mol. The van der Waals surface area contributed by atoms with E-state index in [-0.39, 0.29) is 6.54 Å². The predicted molar refractivity (Wildman–Crippen MR) is 93.9 cm³/mol. The largest absolute Gasteiger partial charge is 0.341 e. The molecule has 9 heteroatoms. The predicted octanol–water partition coefficient (Wildman–Crippen LogP) is 3.54. The average molecular weight is 404 g/mol. The standard InChI is InChI=1S/C16H15Cl2NO5S/c17-11-7-4-8-12(18)14(11)15-13(9-19-25(20,21)22)23-16(24-15)10-5-2-1-3-6-10/h1-8,13,15-16,19H,9H2,(H,20,21,22)/t13-,15+,16?/m0/s1. The highest BCUT2D eigenvalue weighted by Gasteiger charge is 2.40. The van der Waals surface area contributed by atoms with Crippen LogP contribution < -0.4 is 4.72 Å². The molecule has 1 fully saturated rings. The summed E-state index contributed by atoms with van der Waals surface area (Å²) in [7, 11) is -4.37. The molecular weight excluding hydrogens is 389 g/mol. The van der Waals surface area contributed by atoms with Crippen LogP contribution in [-0.4, -0.2) is 25.6 Å². The average Bonchev–Trinajstić information content (AvgIpc) is 2.97. The van der Waals surface area contributed by atoms with Crippen molar-refractivity contribution in [3.63, 3.8) is 0 Å². The minimum atomic E-state index is -4.37. The molecule has 0 aromatic heterocycles. The van der Waals surface area contributed by atoms with Crippen molar-refractivity contribution in [2.75, 3.05) is 6.54 Å². The second-order valence-corrected chi connectivity index (χ2v) is 7.49. The third-order valence-corrected chi connectivity index (χ3v) is 4.92. The second-order valence-electron chi connectivity index (χ2n) is 5.43. The van der Waals surface area contributed by atoms with Crippen LogP contribution in [0, 0.1) is 0 Å². The number of benzene rings is 2. The van der Waals surface area contributed by atoms with E-state index >= 15 is 0 Å². The molecular formula is C16H15Cl2NO5S. The lowest BCUT2D eigenvalue weighted by Gasteiger charge is -2.19. The van der Waals surface area contributed by atoms with Crippen molar-refractivity contribution in [2.24, 2.45) is 0 Å². The summed E-state index contributed by atoms with van der Waals surface area (Å²) in [6, 6.07) is 14.2. The molecule has 2 aromatic carbocycles. The topological polar surface area (TPSA) is 84.9 Å². The Bertz CT molecular complexity index is 827. The van der Waals surface area contributed by atoms with E-state index in [1.54, 1.807) is 18.2 Å². The van der Waals surface area contributed by atoms with E-state index < -0.39 is 28.8 Å². The maximum absolute atomic E-state index is 11.0. The fraction of sp³-hybridized carbons (Fsp3) is 0.250. The number of nitrogens with one attached hydrogen (secondary N) is 1. The van der Waals surface area contributed by atoms with Gasteiger partial charge in [-0.15, -0.1) is 0 Å². The molecule has 134 valence electrons. The SMILES string of the molecule is O=S(=O)(O)NC[C@@H]1OC(c2ccccc2)O[C@H]1c1c(Cl)cccc1Cl. The lowest BCUT2D eigenvalue weighted by molar-refractivity contribution is -0.0687. The van der Waals surface area contributed by atoms with Crippen LogP contribution in [0.25, 0.3) is 0 Å². The first kappa shape index (κ1) is 18.6. The van der Waals surface area contributed by atoms with Crippen LogP contribution in [0.5, 0.6) is 0 Å². The fourth-order valence-corrected chi connectivity index (χ4v) is 3.62. The van der Waals surface area contributed by atoms with Gasteiger partial charge < -0.3 is 9.47 Å². The van der Waals surface area contributed by atoms with Crippen LogP contribution in [0.2, 0.25) is 10.0 Å². The summed E-state index contributed by atoms with van der Waals surface area (Å²) in [5.74, 6) is 0.